The van der Waals surface area contributed by atoms with Crippen molar-refractivity contribution in [3.05, 3.63) is 111 Å². The Balaban J connectivity index is 1.66. The molecule has 3 aromatic carbocycles. The Hall–Kier alpha value is -3.31. The van der Waals surface area contributed by atoms with E-state index in [0.29, 0.717) is 29.5 Å². The topological polar surface area (TPSA) is 50.5 Å². The molecule has 0 fully saturated rings. The number of hydrogen-bond donors (Lipinski definition) is 0. The summed E-state index contributed by atoms with van der Waals surface area (Å²) < 4.78 is 6.12. The predicted octanol–water partition coefficient (Wildman–Crippen LogP) is 5.92. The van der Waals surface area contributed by atoms with Crippen molar-refractivity contribution in [1.82, 2.24) is 4.90 Å². The van der Waals surface area contributed by atoms with Crippen molar-refractivity contribution in [3.63, 3.8) is 0 Å². The van der Waals surface area contributed by atoms with E-state index in [1.165, 1.54) is 0 Å². The van der Waals surface area contributed by atoms with Gasteiger partial charge in [0.05, 0.1) is 17.0 Å². The average Bonchev–Trinajstić information content (AvgIpc) is 3.11. The van der Waals surface area contributed by atoms with Crippen molar-refractivity contribution >= 4 is 28.6 Å². The molecule has 2 heterocycles. The lowest BCUT2D eigenvalue weighted by Crippen LogP contribution is -2.31. The smallest absolute Gasteiger partial charge is 0.290 e. The van der Waals surface area contributed by atoms with E-state index in [4.69, 9.17) is 4.42 Å². The summed E-state index contributed by atoms with van der Waals surface area (Å²) in [5, 5.41) is 0.528. The lowest BCUT2D eigenvalue weighted by atomic mass is 9.97. The first kappa shape index (κ1) is 21.5. The van der Waals surface area contributed by atoms with Crippen LogP contribution in [-0.2, 0) is 6.42 Å². The van der Waals surface area contributed by atoms with Crippen molar-refractivity contribution in [3.8, 4) is 0 Å². The van der Waals surface area contributed by atoms with Gasteiger partial charge in [0.15, 0.2) is 5.43 Å². The van der Waals surface area contributed by atoms with Crippen LogP contribution in [0, 0.1) is 13.8 Å². The van der Waals surface area contributed by atoms with Gasteiger partial charge in [-0.1, -0.05) is 42.5 Å². The van der Waals surface area contributed by atoms with Crippen LogP contribution in [-0.4, -0.2) is 23.6 Å². The van der Waals surface area contributed by atoms with Crippen LogP contribution >= 0.6 is 11.8 Å². The van der Waals surface area contributed by atoms with Crippen LogP contribution in [0.5, 0.6) is 0 Å². The van der Waals surface area contributed by atoms with Gasteiger partial charge in [0.2, 0.25) is 5.76 Å². The number of carbonyl (C=O) groups is 1. The molecule has 0 bridgehead atoms. The molecule has 0 saturated carbocycles. The summed E-state index contributed by atoms with van der Waals surface area (Å²) in [5.41, 5.74) is 4.92. The van der Waals surface area contributed by atoms with Crippen LogP contribution in [0.15, 0.2) is 80.8 Å². The molecule has 1 aliphatic heterocycles. The Labute approximate surface area is 197 Å². The Morgan fingerprint density at radius 1 is 0.939 bits per heavy atom. The van der Waals surface area contributed by atoms with E-state index in [0.717, 1.165) is 27.1 Å². The highest BCUT2D eigenvalue weighted by Crippen LogP contribution is 2.39. The highest BCUT2D eigenvalue weighted by atomic mass is 32.2. The monoisotopic (exact) mass is 455 g/mol. The fourth-order valence-electron chi connectivity index (χ4n) is 4.53. The minimum Gasteiger partial charge on any atom is -0.450 e. The number of rotatable bonds is 5. The lowest BCUT2D eigenvalue weighted by Gasteiger charge is -2.25. The number of thioether (sulfide) groups is 1. The molecule has 1 amide bonds. The first-order chi connectivity index (χ1) is 16.0. The van der Waals surface area contributed by atoms with Crippen LogP contribution in [0.4, 0.5) is 0 Å². The second-order valence-electron chi connectivity index (χ2n) is 8.52. The summed E-state index contributed by atoms with van der Waals surface area (Å²) in [4.78, 5) is 30.2. The van der Waals surface area contributed by atoms with Gasteiger partial charge in [0.1, 0.15) is 5.58 Å². The van der Waals surface area contributed by atoms with E-state index >= 15 is 0 Å². The molecular weight excluding hydrogens is 430 g/mol. The van der Waals surface area contributed by atoms with Gasteiger partial charge < -0.3 is 9.32 Å². The molecule has 0 saturated heterocycles. The van der Waals surface area contributed by atoms with E-state index in [9.17, 15) is 9.59 Å². The summed E-state index contributed by atoms with van der Waals surface area (Å²) >= 11 is 1.66. The Morgan fingerprint density at radius 3 is 2.33 bits per heavy atom. The molecule has 0 radical (unpaired) electrons. The number of carbonyl (C=O) groups excluding carboxylic acids is 1. The number of nitrogens with zero attached hydrogens (tertiary/aromatic N) is 1. The Morgan fingerprint density at radius 2 is 1.64 bits per heavy atom. The van der Waals surface area contributed by atoms with Gasteiger partial charge in [-0.15, -0.1) is 11.8 Å². The first-order valence-electron chi connectivity index (χ1n) is 11.0. The summed E-state index contributed by atoms with van der Waals surface area (Å²) in [6.45, 7) is 4.46. The van der Waals surface area contributed by atoms with Crippen molar-refractivity contribution in [2.75, 3.05) is 12.8 Å². The van der Waals surface area contributed by atoms with Gasteiger partial charge in [-0.05, 0) is 73.0 Å². The molecule has 1 atom stereocenters. The van der Waals surface area contributed by atoms with Crippen LogP contribution in [0.3, 0.4) is 0 Å². The highest BCUT2D eigenvalue weighted by Gasteiger charge is 2.42. The Bertz CT molecular complexity index is 1410. The van der Waals surface area contributed by atoms with E-state index in [1.54, 1.807) is 16.7 Å². The summed E-state index contributed by atoms with van der Waals surface area (Å²) in [5.74, 6) is -0.0557. The largest absolute Gasteiger partial charge is 0.450 e. The summed E-state index contributed by atoms with van der Waals surface area (Å²) in [6.07, 6.45) is 2.73. The second kappa shape index (κ2) is 8.56. The molecular formula is C28H25NO3S. The first-order valence-corrected chi connectivity index (χ1v) is 12.3. The third-order valence-electron chi connectivity index (χ3n) is 6.50. The van der Waals surface area contributed by atoms with Crippen LogP contribution < -0.4 is 5.43 Å². The van der Waals surface area contributed by atoms with Gasteiger partial charge in [0.25, 0.3) is 5.91 Å². The Kier molecular flexibility index (Phi) is 5.59. The zero-order valence-electron chi connectivity index (χ0n) is 18.9. The van der Waals surface area contributed by atoms with Crippen molar-refractivity contribution in [1.29, 1.82) is 0 Å². The van der Waals surface area contributed by atoms with Crippen LogP contribution in [0.1, 0.15) is 44.4 Å². The zero-order valence-corrected chi connectivity index (χ0v) is 19.7. The molecule has 33 heavy (non-hydrogen) atoms. The minimum absolute atomic E-state index is 0.121. The van der Waals surface area contributed by atoms with Gasteiger partial charge in [-0.2, -0.15) is 0 Å². The molecule has 0 N–H and O–H groups in total. The van der Waals surface area contributed by atoms with Gasteiger partial charge in [0, 0.05) is 11.4 Å². The number of fused-ring (bicyclic) bond motifs is 2. The van der Waals surface area contributed by atoms with Gasteiger partial charge in [-0.3, -0.25) is 9.59 Å². The molecule has 0 aliphatic carbocycles. The van der Waals surface area contributed by atoms with Gasteiger partial charge in [-0.25, -0.2) is 0 Å². The molecule has 4 aromatic rings. The second-order valence-corrected chi connectivity index (χ2v) is 9.40. The van der Waals surface area contributed by atoms with E-state index in [1.807, 2.05) is 74.7 Å². The quantitative estimate of drug-likeness (QED) is 0.351. The zero-order chi connectivity index (χ0) is 23.1. The normalized spacial score (nSPS) is 15.3. The number of amides is 1. The predicted molar refractivity (Wildman–Crippen MR) is 133 cm³/mol. The molecule has 5 heteroatoms. The van der Waals surface area contributed by atoms with E-state index < -0.39 is 6.04 Å². The standard InChI is InChI=1S/C28H25NO3S/c1-17-15-22-23(16-18(17)2)32-27-24(26(22)30)25(20-9-11-21(33-3)12-10-20)29(28(27)31)14-13-19-7-5-4-6-8-19/h4-12,15-16,25H,13-14H2,1-3H3. The third-order valence-corrected chi connectivity index (χ3v) is 7.24. The SMILES string of the molecule is CSc1ccc(C2c3c(oc4cc(C)c(C)cc4c3=O)C(=O)N2CCc2ccccc2)cc1. The molecule has 1 unspecified atom stereocenters. The fraction of sp³-hybridized carbons (Fsp3) is 0.214. The van der Waals surface area contributed by atoms with Crippen LogP contribution in [0.25, 0.3) is 11.0 Å². The third kappa shape index (κ3) is 3.76. The maximum atomic E-state index is 13.7. The summed E-state index contributed by atoms with van der Waals surface area (Å²) in [6, 6.07) is 21.4. The average molecular weight is 456 g/mol. The molecule has 4 nitrogen and oxygen atoms in total. The van der Waals surface area contributed by atoms with E-state index in [-0.39, 0.29) is 17.1 Å². The maximum absolute atomic E-state index is 13.7. The van der Waals surface area contributed by atoms with Crippen molar-refractivity contribution in [2.24, 2.45) is 0 Å². The molecule has 1 aliphatic rings. The van der Waals surface area contributed by atoms with Crippen molar-refractivity contribution in [2.45, 2.75) is 31.2 Å². The number of benzene rings is 3. The number of aryl methyl sites for hydroxylation is 2. The van der Waals surface area contributed by atoms with E-state index in [2.05, 4.69) is 12.1 Å². The molecule has 166 valence electrons. The van der Waals surface area contributed by atoms with Crippen molar-refractivity contribution < 1.29 is 9.21 Å². The van der Waals surface area contributed by atoms with Gasteiger partial charge >= 0.3 is 0 Å². The lowest BCUT2D eigenvalue weighted by molar-refractivity contribution is 0.0730. The fourth-order valence-corrected chi connectivity index (χ4v) is 4.94. The maximum Gasteiger partial charge on any atom is 0.290 e. The molecule has 5 rings (SSSR count). The summed E-state index contributed by atoms with van der Waals surface area (Å²) in [7, 11) is 0. The minimum atomic E-state index is -0.464. The van der Waals surface area contributed by atoms with Crippen LogP contribution in [0.2, 0.25) is 0 Å². The molecule has 0 spiro atoms. The highest BCUT2D eigenvalue weighted by molar-refractivity contribution is 7.98. The molecule has 1 aromatic heterocycles. The number of hydrogen-bond acceptors (Lipinski definition) is 4.